The van der Waals surface area contributed by atoms with E-state index < -0.39 is 5.82 Å². The van der Waals surface area contributed by atoms with Crippen molar-refractivity contribution in [1.29, 1.82) is 0 Å². The number of benzene rings is 1. The minimum atomic E-state index is -0.520. The highest BCUT2D eigenvalue weighted by Gasteiger charge is 2.42. The standard InChI is InChI=1S/C23H18ClFN4O/c1-23(6-7-23)21-20(28-19-5-9-27-18-4-8-26-12-15(18)19)11-14(22(30)29-21)13-2-3-17(25)16(24)10-13/h2-5,8-12H,6-7H2,1H3,(H,27,28)(H,29,30). The molecule has 0 radical (unpaired) electrons. The number of rotatable bonds is 4. The number of hydrogen-bond donors (Lipinski definition) is 2. The van der Waals surface area contributed by atoms with Crippen LogP contribution < -0.4 is 10.9 Å². The topological polar surface area (TPSA) is 70.7 Å². The van der Waals surface area contributed by atoms with E-state index in [1.807, 2.05) is 18.2 Å². The van der Waals surface area contributed by atoms with Crippen LogP contribution >= 0.6 is 11.6 Å². The number of pyridine rings is 3. The van der Waals surface area contributed by atoms with Crippen molar-refractivity contribution in [1.82, 2.24) is 15.0 Å². The van der Waals surface area contributed by atoms with E-state index in [0.717, 1.165) is 40.8 Å². The van der Waals surface area contributed by atoms with E-state index >= 15 is 0 Å². The van der Waals surface area contributed by atoms with E-state index in [0.29, 0.717) is 11.1 Å². The molecule has 0 saturated heterocycles. The maximum Gasteiger partial charge on any atom is 0.256 e. The number of fused-ring (bicyclic) bond motifs is 1. The van der Waals surface area contributed by atoms with E-state index in [4.69, 9.17) is 11.6 Å². The van der Waals surface area contributed by atoms with Crippen LogP contribution in [0.3, 0.4) is 0 Å². The van der Waals surface area contributed by atoms with Crippen LogP contribution in [-0.4, -0.2) is 15.0 Å². The lowest BCUT2D eigenvalue weighted by molar-refractivity contribution is 0.628. The maximum absolute atomic E-state index is 13.6. The van der Waals surface area contributed by atoms with Crippen molar-refractivity contribution in [2.45, 2.75) is 25.2 Å². The number of aromatic amines is 1. The summed E-state index contributed by atoms with van der Waals surface area (Å²) >= 11 is 5.95. The monoisotopic (exact) mass is 420 g/mol. The molecule has 30 heavy (non-hydrogen) atoms. The van der Waals surface area contributed by atoms with Crippen LogP contribution in [0.25, 0.3) is 22.0 Å². The van der Waals surface area contributed by atoms with Crippen LogP contribution in [0, 0.1) is 5.82 Å². The third-order valence-electron chi connectivity index (χ3n) is 5.69. The van der Waals surface area contributed by atoms with E-state index in [1.165, 1.54) is 12.1 Å². The molecule has 2 N–H and O–H groups in total. The summed E-state index contributed by atoms with van der Waals surface area (Å²) < 4.78 is 13.6. The van der Waals surface area contributed by atoms with E-state index in [2.05, 4.69) is 27.2 Å². The van der Waals surface area contributed by atoms with Crippen molar-refractivity contribution in [3.63, 3.8) is 0 Å². The molecule has 0 amide bonds. The first-order valence-corrected chi connectivity index (χ1v) is 10.0. The van der Waals surface area contributed by atoms with E-state index in [9.17, 15) is 9.18 Å². The molecule has 1 fully saturated rings. The number of nitrogens with zero attached hydrogens (tertiary/aromatic N) is 2. The fraction of sp³-hybridized carbons (Fsp3) is 0.174. The molecule has 4 aromatic rings. The van der Waals surface area contributed by atoms with E-state index in [-0.39, 0.29) is 16.0 Å². The Morgan fingerprint density at radius 3 is 2.73 bits per heavy atom. The minimum Gasteiger partial charge on any atom is -0.353 e. The Morgan fingerprint density at radius 1 is 1.13 bits per heavy atom. The highest BCUT2D eigenvalue weighted by atomic mass is 35.5. The van der Waals surface area contributed by atoms with Gasteiger partial charge >= 0.3 is 0 Å². The second-order valence-electron chi connectivity index (χ2n) is 7.87. The molecular weight excluding hydrogens is 403 g/mol. The number of anilines is 2. The van der Waals surface area contributed by atoms with Gasteiger partial charge in [0.15, 0.2) is 0 Å². The second kappa shape index (κ2) is 6.92. The summed E-state index contributed by atoms with van der Waals surface area (Å²) in [5.41, 5.74) is 3.98. The molecular formula is C23H18ClFN4O. The van der Waals surface area contributed by atoms with Gasteiger partial charge in [-0.1, -0.05) is 24.6 Å². The number of nitrogens with one attached hydrogen (secondary N) is 2. The summed E-state index contributed by atoms with van der Waals surface area (Å²) in [6.07, 6.45) is 7.19. The van der Waals surface area contributed by atoms with Gasteiger partial charge in [0.05, 0.1) is 21.9 Å². The van der Waals surface area contributed by atoms with Crippen LogP contribution in [0.15, 0.2) is 59.8 Å². The lowest BCUT2D eigenvalue weighted by Crippen LogP contribution is -2.18. The normalized spacial score (nSPS) is 14.6. The Morgan fingerprint density at radius 2 is 1.97 bits per heavy atom. The van der Waals surface area contributed by atoms with Crippen molar-refractivity contribution in [2.75, 3.05) is 5.32 Å². The molecule has 1 saturated carbocycles. The third kappa shape index (κ3) is 3.23. The highest BCUT2D eigenvalue weighted by molar-refractivity contribution is 6.31. The Balaban J connectivity index is 1.67. The summed E-state index contributed by atoms with van der Waals surface area (Å²) in [6.45, 7) is 2.13. The molecule has 3 heterocycles. The molecule has 1 aromatic carbocycles. The quantitative estimate of drug-likeness (QED) is 0.452. The van der Waals surface area contributed by atoms with Gasteiger partial charge in [0, 0.05) is 40.6 Å². The van der Waals surface area contributed by atoms with Crippen molar-refractivity contribution in [2.24, 2.45) is 0 Å². The molecule has 5 rings (SSSR count). The number of hydrogen-bond acceptors (Lipinski definition) is 4. The summed E-state index contributed by atoms with van der Waals surface area (Å²) in [7, 11) is 0. The Kier molecular flexibility index (Phi) is 4.33. The predicted octanol–water partition coefficient (Wildman–Crippen LogP) is 5.57. The fourth-order valence-corrected chi connectivity index (χ4v) is 3.84. The van der Waals surface area contributed by atoms with Crippen LogP contribution in [0.2, 0.25) is 5.02 Å². The van der Waals surface area contributed by atoms with Crippen molar-refractivity contribution in [3.8, 4) is 11.1 Å². The van der Waals surface area contributed by atoms with Gasteiger partial charge in [0.1, 0.15) is 5.82 Å². The van der Waals surface area contributed by atoms with Gasteiger partial charge in [0.25, 0.3) is 5.56 Å². The van der Waals surface area contributed by atoms with Gasteiger partial charge in [0.2, 0.25) is 0 Å². The average molecular weight is 421 g/mol. The molecule has 0 atom stereocenters. The van der Waals surface area contributed by atoms with E-state index in [1.54, 1.807) is 24.7 Å². The average Bonchev–Trinajstić information content (AvgIpc) is 3.50. The molecule has 0 unspecified atom stereocenters. The second-order valence-corrected chi connectivity index (χ2v) is 8.27. The minimum absolute atomic E-state index is 0.0224. The fourth-order valence-electron chi connectivity index (χ4n) is 3.66. The Bertz CT molecular complexity index is 1340. The van der Waals surface area contributed by atoms with Gasteiger partial charge in [-0.05, 0) is 48.7 Å². The number of aromatic nitrogens is 3. The summed E-state index contributed by atoms with van der Waals surface area (Å²) in [4.78, 5) is 24.5. The maximum atomic E-state index is 13.6. The zero-order valence-electron chi connectivity index (χ0n) is 16.2. The molecule has 1 aliphatic carbocycles. The van der Waals surface area contributed by atoms with Gasteiger partial charge in [-0.3, -0.25) is 14.8 Å². The molecule has 150 valence electrons. The number of H-pyrrole nitrogens is 1. The molecule has 0 spiro atoms. The van der Waals surface area contributed by atoms with Crippen LogP contribution in [0.1, 0.15) is 25.5 Å². The predicted molar refractivity (Wildman–Crippen MR) is 117 cm³/mol. The molecule has 5 nitrogen and oxygen atoms in total. The first-order valence-electron chi connectivity index (χ1n) is 9.64. The Labute approximate surface area is 177 Å². The molecule has 7 heteroatoms. The molecule has 3 aromatic heterocycles. The zero-order valence-corrected chi connectivity index (χ0v) is 16.9. The van der Waals surface area contributed by atoms with Gasteiger partial charge in [-0.2, -0.15) is 0 Å². The smallest absolute Gasteiger partial charge is 0.256 e. The van der Waals surface area contributed by atoms with Gasteiger partial charge in [-0.15, -0.1) is 0 Å². The number of halogens is 2. The molecule has 1 aliphatic rings. The van der Waals surface area contributed by atoms with Crippen molar-refractivity contribution in [3.05, 3.63) is 81.9 Å². The van der Waals surface area contributed by atoms with Crippen LogP contribution in [-0.2, 0) is 5.41 Å². The van der Waals surface area contributed by atoms with Crippen LogP contribution in [0.5, 0.6) is 0 Å². The van der Waals surface area contributed by atoms with Gasteiger partial charge in [-0.25, -0.2) is 4.39 Å². The van der Waals surface area contributed by atoms with Crippen LogP contribution in [0.4, 0.5) is 15.8 Å². The van der Waals surface area contributed by atoms with Crippen molar-refractivity contribution < 1.29 is 4.39 Å². The zero-order chi connectivity index (χ0) is 20.9. The molecule has 0 aliphatic heterocycles. The third-order valence-corrected chi connectivity index (χ3v) is 5.98. The lowest BCUT2D eigenvalue weighted by Gasteiger charge is -2.18. The first kappa shape index (κ1) is 18.8. The summed E-state index contributed by atoms with van der Waals surface area (Å²) in [5, 5.41) is 4.33. The summed E-state index contributed by atoms with van der Waals surface area (Å²) in [6, 6.07) is 9.83. The van der Waals surface area contributed by atoms with Gasteiger partial charge < -0.3 is 10.3 Å². The largest absolute Gasteiger partial charge is 0.353 e. The van der Waals surface area contributed by atoms with Crippen molar-refractivity contribution >= 4 is 33.9 Å². The first-order chi connectivity index (χ1) is 14.4. The molecule has 0 bridgehead atoms. The summed E-state index contributed by atoms with van der Waals surface area (Å²) in [5.74, 6) is -0.520. The Hall–Kier alpha value is -3.25. The highest BCUT2D eigenvalue weighted by Crippen LogP contribution is 2.49. The SMILES string of the molecule is CC1(c2[nH]c(=O)c(-c3ccc(F)c(Cl)c3)cc2Nc2ccnc3ccncc23)CC1. The lowest BCUT2D eigenvalue weighted by atomic mass is 9.99.